The van der Waals surface area contributed by atoms with Crippen molar-refractivity contribution in [3.05, 3.63) is 47.3 Å². The molecule has 1 aromatic heterocycles. The summed E-state index contributed by atoms with van der Waals surface area (Å²) in [7, 11) is 1.75. The second-order valence-electron chi connectivity index (χ2n) is 4.22. The molecule has 5 nitrogen and oxygen atoms in total. The van der Waals surface area contributed by atoms with Crippen molar-refractivity contribution < 1.29 is 4.79 Å². The first kappa shape index (κ1) is 13.2. The van der Waals surface area contributed by atoms with Gasteiger partial charge in [0.25, 0.3) is 5.91 Å². The average Bonchev–Trinajstić information content (AvgIpc) is 2.75. The van der Waals surface area contributed by atoms with Gasteiger partial charge in [0, 0.05) is 18.8 Å². The average molecular weight is 274 g/mol. The Bertz CT molecular complexity index is 648. The summed E-state index contributed by atoms with van der Waals surface area (Å²) in [5.41, 5.74) is 8.41. The Morgan fingerprint density at radius 1 is 1.47 bits per heavy atom. The van der Waals surface area contributed by atoms with Crippen LogP contribution in [-0.2, 0) is 7.05 Å². The second-order valence-corrected chi connectivity index (χ2v) is 4.66. The molecule has 3 N–H and O–H groups in total. The molecular weight excluding hydrogens is 260 g/mol. The smallest absolute Gasteiger partial charge is 0.258 e. The van der Waals surface area contributed by atoms with Crippen LogP contribution in [0.15, 0.2) is 30.6 Å². The number of anilines is 1. The van der Waals surface area contributed by atoms with E-state index in [0.717, 1.165) is 5.56 Å². The van der Waals surface area contributed by atoms with E-state index in [4.69, 9.17) is 18.0 Å². The zero-order valence-corrected chi connectivity index (χ0v) is 11.5. The molecule has 0 aliphatic carbocycles. The van der Waals surface area contributed by atoms with E-state index in [2.05, 4.69) is 10.4 Å². The first-order chi connectivity index (χ1) is 8.99. The highest BCUT2D eigenvalue weighted by Crippen LogP contribution is 2.20. The molecule has 19 heavy (non-hydrogen) atoms. The van der Waals surface area contributed by atoms with Gasteiger partial charge in [-0.25, -0.2) is 0 Å². The number of benzene rings is 1. The summed E-state index contributed by atoms with van der Waals surface area (Å²) in [5, 5.41) is 6.76. The van der Waals surface area contributed by atoms with E-state index in [0.29, 0.717) is 16.8 Å². The fourth-order valence-corrected chi connectivity index (χ4v) is 2.10. The zero-order chi connectivity index (χ0) is 14.0. The Labute approximate surface area is 116 Å². The van der Waals surface area contributed by atoms with Crippen molar-refractivity contribution in [1.29, 1.82) is 0 Å². The van der Waals surface area contributed by atoms with Gasteiger partial charge in [-0.05, 0) is 18.6 Å². The van der Waals surface area contributed by atoms with E-state index in [9.17, 15) is 4.79 Å². The molecule has 0 saturated carbocycles. The largest absolute Gasteiger partial charge is 0.389 e. The van der Waals surface area contributed by atoms with Crippen LogP contribution in [0.25, 0.3) is 0 Å². The van der Waals surface area contributed by atoms with Gasteiger partial charge in [-0.15, -0.1) is 0 Å². The summed E-state index contributed by atoms with van der Waals surface area (Å²) in [6.45, 7) is 1.90. The Morgan fingerprint density at radius 2 is 2.21 bits per heavy atom. The quantitative estimate of drug-likeness (QED) is 0.834. The van der Waals surface area contributed by atoms with Crippen molar-refractivity contribution in [3.63, 3.8) is 0 Å². The summed E-state index contributed by atoms with van der Waals surface area (Å²) in [6.07, 6.45) is 3.15. The van der Waals surface area contributed by atoms with Crippen LogP contribution in [0, 0.1) is 6.92 Å². The second kappa shape index (κ2) is 5.19. The summed E-state index contributed by atoms with van der Waals surface area (Å²) < 4.78 is 1.57. The highest BCUT2D eigenvalue weighted by Gasteiger charge is 2.13. The molecule has 0 aliphatic rings. The third-order valence-electron chi connectivity index (χ3n) is 2.73. The number of aromatic nitrogens is 2. The molecular formula is C13H14N4OS. The number of carbonyl (C=O) groups excluding carboxylic acids is 1. The van der Waals surface area contributed by atoms with Crippen molar-refractivity contribution in [2.45, 2.75) is 6.92 Å². The molecule has 0 unspecified atom stereocenters. The van der Waals surface area contributed by atoms with E-state index in [-0.39, 0.29) is 10.9 Å². The molecule has 1 amide bonds. The van der Waals surface area contributed by atoms with Crippen LogP contribution in [0.3, 0.4) is 0 Å². The van der Waals surface area contributed by atoms with Crippen LogP contribution < -0.4 is 11.1 Å². The number of hydrogen-bond donors (Lipinski definition) is 2. The number of aryl methyl sites for hydroxylation is 2. The molecule has 98 valence electrons. The van der Waals surface area contributed by atoms with Crippen LogP contribution in [0.2, 0.25) is 0 Å². The van der Waals surface area contributed by atoms with Crippen LogP contribution >= 0.6 is 12.2 Å². The van der Waals surface area contributed by atoms with E-state index < -0.39 is 0 Å². The number of carbonyl (C=O) groups is 1. The van der Waals surface area contributed by atoms with Crippen molar-refractivity contribution in [3.8, 4) is 0 Å². The molecule has 0 spiro atoms. The van der Waals surface area contributed by atoms with E-state index >= 15 is 0 Å². The lowest BCUT2D eigenvalue weighted by atomic mass is 10.1. The molecule has 1 heterocycles. The van der Waals surface area contributed by atoms with Gasteiger partial charge in [-0.2, -0.15) is 5.10 Å². The van der Waals surface area contributed by atoms with Crippen LogP contribution in [0.1, 0.15) is 21.5 Å². The highest BCUT2D eigenvalue weighted by atomic mass is 32.1. The lowest BCUT2D eigenvalue weighted by Crippen LogP contribution is -2.18. The summed E-state index contributed by atoms with van der Waals surface area (Å²) in [6, 6.07) is 5.51. The normalized spacial score (nSPS) is 10.2. The lowest BCUT2D eigenvalue weighted by Gasteiger charge is -2.11. The predicted octanol–water partition coefficient (Wildman–Crippen LogP) is 1.62. The molecule has 0 saturated heterocycles. The number of hydrogen-bond acceptors (Lipinski definition) is 3. The minimum atomic E-state index is -0.240. The zero-order valence-electron chi connectivity index (χ0n) is 10.7. The van der Waals surface area contributed by atoms with Gasteiger partial charge in [-0.1, -0.05) is 24.4 Å². The van der Waals surface area contributed by atoms with Gasteiger partial charge in [0.05, 0.1) is 17.4 Å². The van der Waals surface area contributed by atoms with Gasteiger partial charge in [-0.3, -0.25) is 9.48 Å². The number of nitrogens with two attached hydrogens (primary N) is 1. The summed E-state index contributed by atoms with van der Waals surface area (Å²) >= 11 is 5.02. The van der Waals surface area contributed by atoms with Crippen molar-refractivity contribution in [2.24, 2.45) is 12.8 Å². The SMILES string of the molecule is Cc1cccc(NC(=O)c2cnn(C)c2)c1C(N)=S. The maximum atomic E-state index is 12.1. The highest BCUT2D eigenvalue weighted by molar-refractivity contribution is 7.80. The standard InChI is InChI=1S/C13H14N4OS/c1-8-4-3-5-10(11(8)12(14)19)16-13(18)9-6-15-17(2)7-9/h3-7H,1-2H3,(H2,14,19)(H,16,18). The fourth-order valence-electron chi connectivity index (χ4n) is 1.83. The molecule has 2 rings (SSSR count). The van der Waals surface area contributed by atoms with E-state index in [1.165, 1.54) is 6.20 Å². The first-order valence-corrected chi connectivity index (χ1v) is 6.09. The minimum absolute atomic E-state index is 0.240. The molecule has 0 bridgehead atoms. The van der Waals surface area contributed by atoms with E-state index in [1.807, 2.05) is 19.1 Å². The van der Waals surface area contributed by atoms with Gasteiger partial charge in [0.15, 0.2) is 0 Å². The van der Waals surface area contributed by atoms with Crippen LogP contribution in [0.4, 0.5) is 5.69 Å². The molecule has 1 aromatic carbocycles. The number of rotatable bonds is 3. The van der Waals surface area contributed by atoms with Crippen LogP contribution in [0.5, 0.6) is 0 Å². The Morgan fingerprint density at radius 3 is 2.79 bits per heavy atom. The molecule has 2 aromatic rings. The van der Waals surface area contributed by atoms with Gasteiger partial charge < -0.3 is 11.1 Å². The van der Waals surface area contributed by atoms with Crippen molar-refractivity contribution in [2.75, 3.05) is 5.32 Å². The summed E-state index contributed by atoms with van der Waals surface area (Å²) in [4.78, 5) is 12.3. The molecule has 0 atom stereocenters. The Kier molecular flexibility index (Phi) is 3.62. The number of amides is 1. The number of nitrogens with one attached hydrogen (secondary N) is 1. The molecule has 0 radical (unpaired) electrons. The third-order valence-corrected chi connectivity index (χ3v) is 2.94. The number of thiocarbonyl (C=S) groups is 1. The lowest BCUT2D eigenvalue weighted by molar-refractivity contribution is 0.102. The topological polar surface area (TPSA) is 72.9 Å². The van der Waals surface area contributed by atoms with Gasteiger partial charge >= 0.3 is 0 Å². The van der Waals surface area contributed by atoms with Gasteiger partial charge in [0.1, 0.15) is 4.99 Å². The summed E-state index contributed by atoms with van der Waals surface area (Å²) in [5.74, 6) is -0.240. The molecule has 0 aliphatic heterocycles. The third kappa shape index (κ3) is 2.79. The first-order valence-electron chi connectivity index (χ1n) is 5.68. The molecule has 0 fully saturated rings. The Hall–Kier alpha value is -2.21. The van der Waals surface area contributed by atoms with Crippen molar-refractivity contribution >= 4 is 28.8 Å². The van der Waals surface area contributed by atoms with Crippen LogP contribution in [-0.4, -0.2) is 20.7 Å². The monoisotopic (exact) mass is 274 g/mol. The maximum Gasteiger partial charge on any atom is 0.258 e. The molecule has 6 heteroatoms. The number of nitrogens with zero attached hydrogens (tertiary/aromatic N) is 2. The van der Waals surface area contributed by atoms with Gasteiger partial charge in [0.2, 0.25) is 0 Å². The minimum Gasteiger partial charge on any atom is -0.389 e. The Balaban J connectivity index is 2.31. The van der Waals surface area contributed by atoms with E-state index in [1.54, 1.807) is 24.0 Å². The predicted molar refractivity (Wildman–Crippen MR) is 78.2 cm³/mol. The van der Waals surface area contributed by atoms with Crippen molar-refractivity contribution in [1.82, 2.24) is 9.78 Å². The maximum absolute atomic E-state index is 12.1. The fraction of sp³-hybridized carbons (Fsp3) is 0.154.